The van der Waals surface area contributed by atoms with Gasteiger partial charge < -0.3 is 15.5 Å². The fourth-order valence-electron chi connectivity index (χ4n) is 2.13. The van der Waals surface area contributed by atoms with E-state index in [1.165, 1.54) is 0 Å². The van der Waals surface area contributed by atoms with Crippen molar-refractivity contribution in [3.63, 3.8) is 0 Å². The summed E-state index contributed by atoms with van der Waals surface area (Å²) in [7, 11) is 0. The standard InChI is InChI=1S/C12H15N5OS/c1-8-15-9-2-7-19-10(9)11(16-8)13-3-5-17-6-4-14-12(17)18/h2,7H,3-6H2,1H3,(H,14,18)(H,13,15,16). The first-order valence-electron chi connectivity index (χ1n) is 6.22. The van der Waals surface area contributed by atoms with Gasteiger partial charge in [-0.1, -0.05) is 0 Å². The molecular formula is C12H15N5OS. The van der Waals surface area contributed by atoms with Crippen molar-refractivity contribution in [3.8, 4) is 0 Å². The first-order chi connectivity index (χ1) is 9.24. The molecule has 7 heteroatoms. The number of fused-ring (bicyclic) bond motifs is 1. The zero-order valence-electron chi connectivity index (χ0n) is 10.6. The summed E-state index contributed by atoms with van der Waals surface area (Å²) in [5.41, 5.74) is 0.971. The van der Waals surface area contributed by atoms with Crippen LogP contribution in [0.1, 0.15) is 5.82 Å². The van der Waals surface area contributed by atoms with Gasteiger partial charge in [0.25, 0.3) is 0 Å². The second-order valence-corrected chi connectivity index (χ2v) is 5.32. The third-order valence-electron chi connectivity index (χ3n) is 3.03. The third-order valence-corrected chi connectivity index (χ3v) is 3.95. The van der Waals surface area contributed by atoms with Crippen molar-refractivity contribution in [1.29, 1.82) is 0 Å². The molecule has 6 nitrogen and oxygen atoms in total. The van der Waals surface area contributed by atoms with Gasteiger partial charge in [-0.25, -0.2) is 14.8 Å². The molecule has 2 N–H and O–H groups in total. The van der Waals surface area contributed by atoms with E-state index in [-0.39, 0.29) is 6.03 Å². The second kappa shape index (κ2) is 5.00. The Labute approximate surface area is 114 Å². The van der Waals surface area contributed by atoms with Crippen molar-refractivity contribution in [1.82, 2.24) is 20.2 Å². The van der Waals surface area contributed by atoms with Crippen LogP contribution in [0.15, 0.2) is 11.4 Å². The van der Waals surface area contributed by atoms with Gasteiger partial charge in [-0.3, -0.25) is 0 Å². The molecule has 0 atom stereocenters. The van der Waals surface area contributed by atoms with Gasteiger partial charge in [0.1, 0.15) is 11.6 Å². The average Bonchev–Trinajstić information content (AvgIpc) is 2.98. The molecule has 2 aromatic rings. The largest absolute Gasteiger partial charge is 0.367 e. The molecule has 0 radical (unpaired) electrons. The number of aryl methyl sites for hydroxylation is 1. The molecule has 2 amide bonds. The molecule has 3 heterocycles. The van der Waals surface area contributed by atoms with Gasteiger partial charge in [0, 0.05) is 26.2 Å². The summed E-state index contributed by atoms with van der Waals surface area (Å²) in [6.45, 7) is 4.77. The quantitative estimate of drug-likeness (QED) is 0.887. The summed E-state index contributed by atoms with van der Waals surface area (Å²) in [5.74, 6) is 1.62. The van der Waals surface area contributed by atoms with Crippen molar-refractivity contribution in [2.45, 2.75) is 6.92 Å². The number of urea groups is 1. The van der Waals surface area contributed by atoms with Crippen LogP contribution in [-0.4, -0.2) is 47.1 Å². The number of aromatic nitrogens is 2. The summed E-state index contributed by atoms with van der Waals surface area (Å²) in [6, 6.07) is 2.01. The second-order valence-electron chi connectivity index (χ2n) is 4.40. The lowest BCUT2D eigenvalue weighted by Crippen LogP contribution is -2.32. The SMILES string of the molecule is Cc1nc(NCCN2CCNC2=O)c2sccc2n1. The van der Waals surface area contributed by atoms with E-state index in [0.717, 1.165) is 34.9 Å². The van der Waals surface area contributed by atoms with Crippen molar-refractivity contribution < 1.29 is 4.79 Å². The molecule has 0 saturated carbocycles. The van der Waals surface area contributed by atoms with Gasteiger partial charge in [-0.05, 0) is 18.4 Å². The third kappa shape index (κ3) is 2.46. The maximum atomic E-state index is 11.4. The Balaban J connectivity index is 1.68. The number of hydrogen-bond acceptors (Lipinski definition) is 5. The van der Waals surface area contributed by atoms with Gasteiger partial charge in [-0.15, -0.1) is 11.3 Å². The summed E-state index contributed by atoms with van der Waals surface area (Å²) in [5, 5.41) is 8.10. The van der Waals surface area contributed by atoms with E-state index in [4.69, 9.17) is 0 Å². The van der Waals surface area contributed by atoms with Crippen LogP contribution in [-0.2, 0) is 0 Å². The summed E-state index contributed by atoms with van der Waals surface area (Å²) in [6.07, 6.45) is 0. The van der Waals surface area contributed by atoms with E-state index in [1.54, 1.807) is 16.2 Å². The summed E-state index contributed by atoms with van der Waals surface area (Å²) >= 11 is 1.63. The Morgan fingerprint density at radius 2 is 2.42 bits per heavy atom. The minimum atomic E-state index is 0.0157. The highest BCUT2D eigenvalue weighted by atomic mass is 32.1. The molecule has 0 spiro atoms. The van der Waals surface area contributed by atoms with Gasteiger partial charge in [0.2, 0.25) is 0 Å². The van der Waals surface area contributed by atoms with Crippen molar-refractivity contribution in [2.75, 3.05) is 31.5 Å². The van der Waals surface area contributed by atoms with E-state index in [0.29, 0.717) is 13.1 Å². The number of carbonyl (C=O) groups is 1. The maximum Gasteiger partial charge on any atom is 0.317 e. The number of thiophene rings is 1. The Bertz CT molecular complexity index is 611. The minimum Gasteiger partial charge on any atom is -0.367 e. The average molecular weight is 277 g/mol. The van der Waals surface area contributed by atoms with Crippen LogP contribution in [0.3, 0.4) is 0 Å². The molecule has 1 saturated heterocycles. The fraction of sp³-hybridized carbons (Fsp3) is 0.417. The van der Waals surface area contributed by atoms with E-state index < -0.39 is 0 Å². The number of amides is 2. The van der Waals surface area contributed by atoms with Crippen LogP contribution in [0.2, 0.25) is 0 Å². The van der Waals surface area contributed by atoms with Crippen molar-refractivity contribution >= 4 is 33.4 Å². The highest BCUT2D eigenvalue weighted by Gasteiger charge is 2.18. The molecule has 100 valence electrons. The predicted molar refractivity (Wildman–Crippen MR) is 75.6 cm³/mol. The fourth-order valence-corrected chi connectivity index (χ4v) is 2.93. The van der Waals surface area contributed by atoms with Crippen LogP contribution >= 0.6 is 11.3 Å². The molecule has 1 aliphatic rings. The van der Waals surface area contributed by atoms with Crippen LogP contribution in [0.25, 0.3) is 10.2 Å². The number of carbonyl (C=O) groups excluding carboxylic acids is 1. The lowest BCUT2D eigenvalue weighted by Gasteiger charge is -2.14. The summed E-state index contributed by atoms with van der Waals surface area (Å²) in [4.78, 5) is 22.0. The van der Waals surface area contributed by atoms with E-state index in [1.807, 2.05) is 18.4 Å². The Morgan fingerprint density at radius 1 is 1.53 bits per heavy atom. The predicted octanol–water partition coefficient (Wildman–Crippen LogP) is 1.44. The summed E-state index contributed by atoms with van der Waals surface area (Å²) < 4.78 is 1.07. The van der Waals surface area contributed by atoms with Crippen molar-refractivity contribution in [2.24, 2.45) is 0 Å². The van der Waals surface area contributed by atoms with E-state index >= 15 is 0 Å². The highest BCUT2D eigenvalue weighted by Crippen LogP contribution is 2.25. The normalized spacial score (nSPS) is 15.0. The Hall–Kier alpha value is -1.89. The van der Waals surface area contributed by atoms with Crippen LogP contribution in [0, 0.1) is 6.92 Å². The van der Waals surface area contributed by atoms with Gasteiger partial charge in [-0.2, -0.15) is 0 Å². The zero-order valence-corrected chi connectivity index (χ0v) is 11.5. The molecule has 2 aromatic heterocycles. The van der Waals surface area contributed by atoms with Gasteiger partial charge in [0.15, 0.2) is 0 Å². The van der Waals surface area contributed by atoms with Crippen LogP contribution in [0.5, 0.6) is 0 Å². The molecular weight excluding hydrogens is 262 g/mol. The molecule has 1 aliphatic heterocycles. The zero-order chi connectivity index (χ0) is 13.2. The minimum absolute atomic E-state index is 0.0157. The number of anilines is 1. The number of nitrogens with zero attached hydrogens (tertiary/aromatic N) is 3. The lowest BCUT2D eigenvalue weighted by atomic mass is 10.4. The molecule has 0 aromatic carbocycles. The molecule has 0 bridgehead atoms. The van der Waals surface area contributed by atoms with Gasteiger partial charge in [0.05, 0.1) is 10.2 Å². The topological polar surface area (TPSA) is 70.2 Å². The number of hydrogen-bond donors (Lipinski definition) is 2. The Kier molecular flexibility index (Phi) is 3.20. The van der Waals surface area contributed by atoms with Crippen LogP contribution in [0.4, 0.5) is 10.6 Å². The molecule has 0 aliphatic carbocycles. The first kappa shape index (κ1) is 12.2. The maximum absolute atomic E-state index is 11.4. The van der Waals surface area contributed by atoms with E-state index in [2.05, 4.69) is 20.6 Å². The lowest BCUT2D eigenvalue weighted by molar-refractivity contribution is 0.219. The Morgan fingerprint density at radius 3 is 3.21 bits per heavy atom. The first-order valence-corrected chi connectivity index (χ1v) is 7.10. The van der Waals surface area contributed by atoms with Gasteiger partial charge >= 0.3 is 6.03 Å². The number of rotatable bonds is 4. The monoisotopic (exact) mass is 277 g/mol. The molecule has 3 rings (SSSR count). The number of nitrogens with one attached hydrogen (secondary N) is 2. The highest BCUT2D eigenvalue weighted by molar-refractivity contribution is 7.17. The van der Waals surface area contributed by atoms with Crippen LogP contribution < -0.4 is 10.6 Å². The molecule has 0 unspecified atom stereocenters. The molecule has 1 fully saturated rings. The molecule has 19 heavy (non-hydrogen) atoms. The van der Waals surface area contributed by atoms with E-state index in [9.17, 15) is 4.79 Å². The smallest absolute Gasteiger partial charge is 0.317 e. The van der Waals surface area contributed by atoms with Crippen molar-refractivity contribution in [3.05, 3.63) is 17.3 Å².